The fourth-order valence-corrected chi connectivity index (χ4v) is 2.90. The molecule has 3 N–H and O–H groups in total. The van der Waals surface area contributed by atoms with Gasteiger partial charge in [0.15, 0.2) is 0 Å². The summed E-state index contributed by atoms with van der Waals surface area (Å²) in [6.07, 6.45) is 3.56. The fourth-order valence-electron chi connectivity index (χ4n) is 2.34. The maximum absolute atomic E-state index is 11.5. The van der Waals surface area contributed by atoms with E-state index in [0.717, 1.165) is 37.4 Å². The molecule has 1 amide bonds. The lowest BCUT2D eigenvalue weighted by Gasteiger charge is -2.35. The van der Waals surface area contributed by atoms with Crippen LogP contribution in [0.3, 0.4) is 0 Å². The van der Waals surface area contributed by atoms with Gasteiger partial charge in [0.25, 0.3) is 0 Å². The lowest BCUT2D eigenvalue weighted by Crippen LogP contribution is -2.46. The van der Waals surface area contributed by atoms with Crippen molar-refractivity contribution in [1.82, 2.24) is 5.32 Å². The monoisotopic (exact) mass is 275 g/mol. The summed E-state index contributed by atoms with van der Waals surface area (Å²) < 4.78 is 0. The van der Waals surface area contributed by atoms with E-state index < -0.39 is 11.6 Å². The van der Waals surface area contributed by atoms with Gasteiger partial charge in [0.05, 0.1) is 17.1 Å². The minimum Gasteiger partial charge on any atom is -0.481 e. The number of hydrogen-bond acceptors (Lipinski definition) is 4. The van der Waals surface area contributed by atoms with Crippen LogP contribution in [0.2, 0.25) is 0 Å². The molecule has 2 atom stereocenters. The summed E-state index contributed by atoms with van der Waals surface area (Å²) in [6, 6.07) is 0. The van der Waals surface area contributed by atoms with E-state index >= 15 is 0 Å². The molecule has 18 heavy (non-hydrogen) atoms. The van der Waals surface area contributed by atoms with Crippen LogP contribution in [-0.2, 0) is 9.59 Å². The fraction of sp³-hybridized carbons (Fsp3) is 0.833. The molecule has 104 valence electrons. The van der Waals surface area contributed by atoms with Gasteiger partial charge in [0.1, 0.15) is 0 Å². The zero-order chi connectivity index (χ0) is 13.6. The molecule has 0 aromatic carbocycles. The minimum absolute atomic E-state index is 0.0747. The number of rotatable bonds is 6. The minimum atomic E-state index is -0.924. The van der Waals surface area contributed by atoms with Gasteiger partial charge in [0, 0.05) is 6.54 Å². The average Bonchev–Trinajstić information content (AvgIpc) is 2.26. The third-order valence-corrected chi connectivity index (χ3v) is 4.06. The quantitative estimate of drug-likeness (QED) is 0.669. The zero-order valence-electron chi connectivity index (χ0n) is 10.6. The highest BCUT2D eigenvalue weighted by Crippen LogP contribution is 2.31. The van der Waals surface area contributed by atoms with Crippen molar-refractivity contribution < 1.29 is 19.8 Å². The second-order valence-electron chi connectivity index (χ2n) is 5.09. The van der Waals surface area contributed by atoms with Crippen LogP contribution < -0.4 is 5.32 Å². The maximum Gasteiger partial charge on any atom is 0.313 e. The molecule has 0 saturated heterocycles. The molecule has 1 fully saturated rings. The predicted octanol–water partition coefficient (Wildman–Crippen LogP) is 0.862. The highest BCUT2D eigenvalue weighted by Gasteiger charge is 2.32. The van der Waals surface area contributed by atoms with Crippen LogP contribution in [0.5, 0.6) is 0 Å². The first-order valence-electron chi connectivity index (χ1n) is 6.20. The summed E-state index contributed by atoms with van der Waals surface area (Å²) in [5.74, 6) is -0.602. The second kappa shape index (κ2) is 6.99. The van der Waals surface area contributed by atoms with Crippen molar-refractivity contribution in [1.29, 1.82) is 0 Å². The maximum atomic E-state index is 11.5. The smallest absolute Gasteiger partial charge is 0.313 e. The Kier molecular flexibility index (Phi) is 5.95. The lowest BCUT2D eigenvalue weighted by atomic mass is 9.79. The molecule has 0 aliphatic heterocycles. The largest absolute Gasteiger partial charge is 0.481 e. The Hall–Kier alpha value is -0.750. The van der Waals surface area contributed by atoms with E-state index in [0.29, 0.717) is 5.92 Å². The molecule has 0 spiro atoms. The topological polar surface area (TPSA) is 86.6 Å². The molecule has 0 radical (unpaired) electrons. The molecule has 0 aromatic rings. The van der Waals surface area contributed by atoms with Gasteiger partial charge in [-0.05, 0) is 18.8 Å². The molecule has 0 aromatic heterocycles. The molecule has 0 heterocycles. The van der Waals surface area contributed by atoms with Crippen molar-refractivity contribution in [3.63, 3.8) is 0 Å². The molecular formula is C12H21NO4S. The molecule has 1 aliphatic carbocycles. The molecule has 5 nitrogen and oxygen atoms in total. The van der Waals surface area contributed by atoms with Crippen molar-refractivity contribution in [3.05, 3.63) is 0 Å². The van der Waals surface area contributed by atoms with Gasteiger partial charge in [-0.1, -0.05) is 19.8 Å². The number of nitrogens with one attached hydrogen (secondary N) is 1. The normalized spacial score (nSPS) is 27.8. The first-order valence-corrected chi connectivity index (χ1v) is 7.35. The van der Waals surface area contributed by atoms with Crippen LogP contribution in [0.15, 0.2) is 0 Å². The highest BCUT2D eigenvalue weighted by molar-refractivity contribution is 8.00. The first-order chi connectivity index (χ1) is 8.41. The van der Waals surface area contributed by atoms with Gasteiger partial charge in [-0.25, -0.2) is 0 Å². The zero-order valence-corrected chi connectivity index (χ0v) is 11.5. The summed E-state index contributed by atoms with van der Waals surface area (Å²) in [6.45, 7) is 2.37. The van der Waals surface area contributed by atoms with Crippen LogP contribution in [0.4, 0.5) is 0 Å². The third-order valence-electron chi connectivity index (χ3n) is 3.14. The van der Waals surface area contributed by atoms with Crippen LogP contribution in [0.25, 0.3) is 0 Å². The van der Waals surface area contributed by atoms with Crippen molar-refractivity contribution in [3.8, 4) is 0 Å². The standard InChI is InChI=1S/C12H21NO4S/c1-9-3-2-4-12(17,5-9)8-13-10(14)6-18-7-11(15)16/h9,17H,2-8H2,1H3,(H,13,14)(H,15,16). The van der Waals surface area contributed by atoms with Gasteiger partial charge in [-0.2, -0.15) is 0 Å². The van der Waals surface area contributed by atoms with Crippen LogP contribution in [0, 0.1) is 5.92 Å². The summed E-state index contributed by atoms with van der Waals surface area (Å²) in [4.78, 5) is 21.7. The molecule has 1 saturated carbocycles. The van der Waals surface area contributed by atoms with E-state index in [1.807, 2.05) is 0 Å². The Labute approximate surface area is 111 Å². The first kappa shape index (κ1) is 15.3. The number of carbonyl (C=O) groups is 2. The number of thioether (sulfide) groups is 1. The number of amides is 1. The number of carboxylic acids is 1. The average molecular weight is 275 g/mol. The number of aliphatic hydroxyl groups is 1. The van der Waals surface area contributed by atoms with E-state index in [4.69, 9.17) is 5.11 Å². The number of hydrogen-bond donors (Lipinski definition) is 3. The van der Waals surface area contributed by atoms with Crippen molar-refractivity contribution >= 4 is 23.6 Å². The van der Waals surface area contributed by atoms with Crippen LogP contribution >= 0.6 is 11.8 Å². The molecule has 6 heteroatoms. The Morgan fingerprint density at radius 3 is 2.78 bits per heavy atom. The van der Waals surface area contributed by atoms with Gasteiger partial charge in [-0.3, -0.25) is 9.59 Å². The van der Waals surface area contributed by atoms with Gasteiger partial charge in [-0.15, -0.1) is 11.8 Å². The van der Waals surface area contributed by atoms with Crippen molar-refractivity contribution in [2.24, 2.45) is 5.92 Å². The number of aliphatic carboxylic acids is 1. The van der Waals surface area contributed by atoms with E-state index in [-0.39, 0.29) is 24.0 Å². The Morgan fingerprint density at radius 1 is 1.44 bits per heavy atom. The van der Waals surface area contributed by atoms with Crippen molar-refractivity contribution in [2.45, 2.75) is 38.2 Å². The highest BCUT2D eigenvalue weighted by atomic mass is 32.2. The van der Waals surface area contributed by atoms with E-state index in [9.17, 15) is 14.7 Å². The van der Waals surface area contributed by atoms with E-state index in [1.54, 1.807) is 0 Å². The van der Waals surface area contributed by atoms with Gasteiger partial charge < -0.3 is 15.5 Å². The predicted molar refractivity (Wildman–Crippen MR) is 70.6 cm³/mol. The summed E-state index contributed by atoms with van der Waals surface area (Å²) in [7, 11) is 0. The molecule has 1 aliphatic rings. The molecule has 2 unspecified atom stereocenters. The Morgan fingerprint density at radius 2 is 2.17 bits per heavy atom. The summed E-state index contributed by atoms with van der Waals surface area (Å²) in [5.41, 5.74) is -0.787. The van der Waals surface area contributed by atoms with Crippen LogP contribution in [0.1, 0.15) is 32.6 Å². The van der Waals surface area contributed by atoms with Gasteiger partial charge in [0.2, 0.25) is 5.91 Å². The van der Waals surface area contributed by atoms with Gasteiger partial charge >= 0.3 is 5.97 Å². The molecule has 0 bridgehead atoms. The Balaban J connectivity index is 2.22. The van der Waals surface area contributed by atoms with Crippen molar-refractivity contribution in [2.75, 3.05) is 18.1 Å². The molecule has 1 rings (SSSR count). The third kappa shape index (κ3) is 5.73. The van der Waals surface area contributed by atoms with E-state index in [2.05, 4.69) is 12.2 Å². The SMILES string of the molecule is CC1CCCC(O)(CNC(=O)CSCC(=O)O)C1. The molecular weight excluding hydrogens is 254 g/mol. The van der Waals surface area contributed by atoms with Crippen LogP contribution in [-0.4, -0.2) is 45.7 Å². The summed E-state index contributed by atoms with van der Waals surface area (Å²) in [5, 5.41) is 21.4. The lowest BCUT2D eigenvalue weighted by molar-refractivity contribution is -0.133. The summed E-state index contributed by atoms with van der Waals surface area (Å²) >= 11 is 1.06. The second-order valence-corrected chi connectivity index (χ2v) is 6.07. The number of carboxylic acid groups (broad SMARTS) is 1. The Bertz CT molecular complexity index is 310. The van der Waals surface area contributed by atoms with E-state index in [1.165, 1.54) is 0 Å². The number of carbonyl (C=O) groups excluding carboxylic acids is 1.